The molecule has 0 rings (SSSR count). The fraction of sp³-hybridized carbons (Fsp3) is 0.818. The summed E-state index contributed by atoms with van der Waals surface area (Å²) in [6.45, 7) is 4.31. The fourth-order valence-electron chi connectivity index (χ4n) is 0.776. The molecule has 0 bridgehead atoms. The van der Waals surface area contributed by atoms with Gasteiger partial charge in [-0.3, -0.25) is 4.79 Å². The summed E-state index contributed by atoms with van der Waals surface area (Å²) < 4.78 is 35.7. The second kappa shape index (κ2) is 7.11. The SMILES string of the molecule is [2H]C([2H])(CNC(=O)OC(C)(C)C)C([2H])([2H])C[C@H](N)C(N)=O. The number of amides is 2. The van der Waals surface area contributed by atoms with Crippen LogP contribution >= 0.6 is 0 Å². The van der Waals surface area contributed by atoms with Crippen molar-refractivity contribution in [1.82, 2.24) is 5.32 Å². The van der Waals surface area contributed by atoms with Gasteiger partial charge in [-0.1, -0.05) is 0 Å². The van der Waals surface area contributed by atoms with Gasteiger partial charge in [-0.15, -0.1) is 0 Å². The summed E-state index contributed by atoms with van der Waals surface area (Å²) >= 11 is 0. The smallest absolute Gasteiger partial charge is 0.407 e. The number of primary amides is 1. The highest BCUT2D eigenvalue weighted by Crippen LogP contribution is 2.06. The zero-order chi connectivity index (χ0) is 17.1. The summed E-state index contributed by atoms with van der Waals surface area (Å²) in [5, 5.41) is 2.15. The summed E-state index contributed by atoms with van der Waals surface area (Å²) in [6.07, 6.45) is -6.35. The van der Waals surface area contributed by atoms with Crippen LogP contribution in [0.3, 0.4) is 0 Å². The molecule has 0 aromatic rings. The Balaban J connectivity index is 4.66. The Morgan fingerprint density at radius 2 is 2.00 bits per heavy atom. The van der Waals surface area contributed by atoms with Crippen molar-refractivity contribution in [2.45, 2.75) is 51.6 Å². The maximum absolute atomic E-state index is 11.4. The minimum absolute atomic E-state index is 0.592. The predicted molar refractivity (Wildman–Crippen MR) is 65.3 cm³/mol. The van der Waals surface area contributed by atoms with Crippen molar-refractivity contribution >= 4 is 12.0 Å². The molecule has 0 saturated heterocycles. The molecule has 6 heteroatoms. The molecule has 6 nitrogen and oxygen atoms in total. The van der Waals surface area contributed by atoms with Crippen molar-refractivity contribution in [2.75, 3.05) is 6.54 Å². The van der Waals surface area contributed by atoms with Crippen molar-refractivity contribution < 1.29 is 19.8 Å². The van der Waals surface area contributed by atoms with Gasteiger partial charge in [0.2, 0.25) is 5.91 Å². The highest BCUT2D eigenvalue weighted by molar-refractivity contribution is 5.79. The minimum Gasteiger partial charge on any atom is -0.444 e. The van der Waals surface area contributed by atoms with Crippen LogP contribution in [0, 0.1) is 0 Å². The van der Waals surface area contributed by atoms with Crippen molar-refractivity contribution in [3.63, 3.8) is 0 Å². The van der Waals surface area contributed by atoms with Crippen LogP contribution in [-0.4, -0.2) is 30.2 Å². The van der Waals surface area contributed by atoms with E-state index >= 15 is 0 Å². The van der Waals surface area contributed by atoms with E-state index in [-0.39, 0.29) is 0 Å². The molecule has 2 amide bonds. The quantitative estimate of drug-likeness (QED) is 0.636. The Kier molecular flexibility index (Phi) is 4.06. The highest BCUT2D eigenvalue weighted by atomic mass is 16.6. The number of hydrogen-bond donors (Lipinski definition) is 3. The Morgan fingerprint density at radius 1 is 1.41 bits per heavy atom. The molecule has 0 fully saturated rings. The standard InChI is InChI=1S/C11H23N3O3/c1-11(2,3)17-10(16)14-7-5-4-6-8(12)9(13)15/h8H,4-7,12H2,1-3H3,(H2,13,15)(H,14,16)/t8-/m0/s1/i4D2,5D2. The number of ether oxygens (including phenoxy) is 1. The summed E-state index contributed by atoms with van der Waals surface area (Å²) in [5.41, 5.74) is 9.53. The lowest BCUT2D eigenvalue weighted by molar-refractivity contribution is -0.119. The number of carbonyl (C=O) groups is 2. The van der Waals surface area contributed by atoms with Crippen LogP contribution in [0.1, 0.15) is 45.4 Å². The van der Waals surface area contributed by atoms with Gasteiger partial charge < -0.3 is 21.5 Å². The molecular weight excluding hydrogens is 222 g/mol. The molecule has 0 aromatic heterocycles. The number of nitrogens with one attached hydrogen (secondary N) is 1. The van der Waals surface area contributed by atoms with Crippen LogP contribution in [0.25, 0.3) is 0 Å². The molecule has 17 heavy (non-hydrogen) atoms. The monoisotopic (exact) mass is 249 g/mol. The van der Waals surface area contributed by atoms with E-state index in [0.717, 1.165) is 0 Å². The third kappa shape index (κ3) is 9.62. The zero-order valence-electron chi connectivity index (χ0n) is 14.4. The second-order valence-electron chi connectivity index (χ2n) is 4.42. The zero-order valence-corrected chi connectivity index (χ0v) is 10.4. The second-order valence-corrected chi connectivity index (χ2v) is 4.42. The average molecular weight is 249 g/mol. The molecule has 100 valence electrons. The molecule has 0 aliphatic heterocycles. The van der Waals surface area contributed by atoms with Gasteiger partial charge >= 0.3 is 6.09 Å². The first-order valence-electron chi connectivity index (χ1n) is 7.20. The fourth-order valence-corrected chi connectivity index (χ4v) is 0.776. The van der Waals surface area contributed by atoms with E-state index in [1.807, 2.05) is 0 Å². The lowest BCUT2D eigenvalue weighted by Gasteiger charge is -2.19. The first-order chi connectivity index (χ1) is 9.18. The molecule has 0 aromatic carbocycles. The van der Waals surface area contributed by atoms with E-state index in [4.69, 9.17) is 21.7 Å². The lowest BCUT2D eigenvalue weighted by Crippen LogP contribution is -2.36. The number of carbonyl (C=O) groups excluding carboxylic acids is 2. The van der Waals surface area contributed by atoms with E-state index in [1.54, 1.807) is 20.8 Å². The average Bonchev–Trinajstić information content (AvgIpc) is 2.23. The van der Waals surface area contributed by atoms with Gasteiger partial charge in [0.1, 0.15) is 5.60 Å². The Bertz CT molecular complexity index is 397. The number of nitrogens with two attached hydrogens (primary N) is 2. The van der Waals surface area contributed by atoms with Crippen LogP contribution in [-0.2, 0) is 9.53 Å². The van der Waals surface area contributed by atoms with Gasteiger partial charge in [-0.25, -0.2) is 4.79 Å². The van der Waals surface area contributed by atoms with E-state index < -0.39 is 49.4 Å². The van der Waals surface area contributed by atoms with Crippen molar-refractivity contribution in [3.8, 4) is 0 Å². The van der Waals surface area contributed by atoms with E-state index in [2.05, 4.69) is 5.32 Å². The van der Waals surface area contributed by atoms with Crippen LogP contribution in [0.5, 0.6) is 0 Å². The van der Waals surface area contributed by atoms with E-state index in [9.17, 15) is 9.59 Å². The van der Waals surface area contributed by atoms with Gasteiger partial charge in [0.05, 0.1) is 6.04 Å². The number of hydrogen-bond acceptors (Lipinski definition) is 4. The predicted octanol–water partition coefficient (Wildman–Crippen LogP) is 0.494. The molecule has 5 N–H and O–H groups in total. The molecule has 1 atom stereocenters. The summed E-state index contributed by atoms with van der Waals surface area (Å²) in [6, 6.07) is -1.31. The molecule has 0 spiro atoms. The molecule has 0 radical (unpaired) electrons. The van der Waals surface area contributed by atoms with Crippen molar-refractivity contribution in [2.24, 2.45) is 11.5 Å². The Labute approximate surface area is 108 Å². The van der Waals surface area contributed by atoms with Gasteiger partial charge in [0.25, 0.3) is 0 Å². The van der Waals surface area contributed by atoms with Crippen LogP contribution in [0.2, 0.25) is 0 Å². The molecule has 0 heterocycles. The molecule has 0 saturated carbocycles. The van der Waals surface area contributed by atoms with Gasteiger partial charge in [0.15, 0.2) is 0 Å². The van der Waals surface area contributed by atoms with E-state index in [0.29, 0.717) is 0 Å². The van der Waals surface area contributed by atoms with Gasteiger partial charge in [-0.05, 0) is 39.9 Å². The number of alkyl carbamates (subject to hydrolysis) is 1. The maximum atomic E-state index is 11.4. The van der Waals surface area contributed by atoms with Crippen LogP contribution in [0.15, 0.2) is 0 Å². The molecule has 0 aliphatic carbocycles. The topological polar surface area (TPSA) is 107 Å². The summed E-state index contributed by atoms with van der Waals surface area (Å²) in [4.78, 5) is 22.3. The third-order valence-electron chi connectivity index (χ3n) is 1.53. The largest absolute Gasteiger partial charge is 0.444 e. The summed E-state index contributed by atoms with van der Waals surface area (Å²) in [7, 11) is 0. The molecule has 0 unspecified atom stereocenters. The Morgan fingerprint density at radius 3 is 2.47 bits per heavy atom. The van der Waals surface area contributed by atoms with E-state index in [1.165, 1.54) is 0 Å². The Hall–Kier alpha value is -1.30. The molecule has 0 aliphatic rings. The van der Waals surface area contributed by atoms with Crippen molar-refractivity contribution in [1.29, 1.82) is 0 Å². The number of rotatable bonds is 6. The van der Waals surface area contributed by atoms with Gasteiger partial charge in [-0.2, -0.15) is 0 Å². The first-order valence-corrected chi connectivity index (χ1v) is 5.20. The van der Waals surface area contributed by atoms with Crippen LogP contribution in [0.4, 0.5) is 4.79 Å². The van der Waals surface area contributed by atoms with Crippen molar-refractivity contribution in [3.05, 3.63) is 0 Å². The van der Waals surface area contributed by atoms with Gasteiger partial charge in [0, 0.05) is 12.0 Å². The first kappa shape index (κ1) is 9.70. The molecular formula is C11H23N3O3. The summed E-state index contributed by atoms with van der Waals surface area (Å²) in [5.74, 6) is -0.922. The minimum atomic E-state index is -2.45. The highest BCUT2D eigenvalue weighted by Gasteiger charge is 2.15. The normalized spacial score (nSPS) is 18.1. The third-order valence-corrected chi connectivity index (χ3v) is 1.53. The maximum Gasteiger partial charge on any atom is 0.407 e. The van der Waals surface area contributed by atoms with Crippen LogP contribution < -0.4 is 16.8 Å². The lowest BCUT2D eigenvalue weighted by atomic mass is 10.1.